The summed E-state index contributed by atoms with van der Waals surface area (Å²) in [6, 6.07) is 23.8. The van der Waals surface area contributed by atoms with Gasteiger partial charge in [-0.25, -0.2) is 0 Å². The molecular weight excluding hydrogens is 710 g/mol. The first-order valence-electron chi connectivity index (χ1n) is 16.3. The minimum atomic E-state index is -4.78. The number of methoxy groups -OCH3 is 2. The number of benzene rings is 3. The number of carbonyl (C=O) groups excluding carboxylic acids is 1. The molecule has 0 unspecified atom stereocenters. The number of ether oxygens (including phenoxy) is 3. The van der Waals surface area contributed by atoms with Gasteiger partial charge in [0.05, 0.1) is 19.8 Å². The molecule has 11 nitrogen and oxygen atoms in total. The molecule has 2 aliphatic heterocycles. The minimum absolute atomic E-state index is 0. The van der Waals surface area contributed by atoms with Crippen LogP contribution in [-0.4, -0.2) is 113 Å². The van der Waals surface area contributed by atoms with Crippen molar-refractivity contribution in [3.63, 3.8) is 0 Å². The molecule has 2 aliphatic rings. The van der Waals surface area contributed by atoms with Gasteiger partial charge in [-0.1, -0.05) is 60.7 Å². The summed E-state index contributed by atoms with van der Waals surface area (Å²) in [4.78, 5) is 19.8. The molecule has 0 N–H and O–H groups in total. The Labute approximate surface area is 307 Å². The van der Waals surface area contributed by atoms with Crippen LogP contribution in [0.2, 0.25) is 0 Å². The molecule has 0 spiro atoms. The van der Waals surface area contributed by atoms with Crippen LogP contribution < -0.4 is 9.47 Å². The van der Waals surface area contributed by atoms with Crippen LogP contribution in [0, 0.1) is 0 Å². The predicted molar refractivity (Wildman–Crippen MR) is 189 cm³/mol. The van der Waals surface area contributed by atoms with Crippen molar-refractivity contribution in [1.82, 2.24) is 34.9 Å². The number of halogens is 5. The molecule has 2 fully saturated rings. The summed E-state index contributed by atoms with van der Waals surface area (Å²) < 4.78 is 59.2. The average Bonchev–Trinajstić information content (AvgIpc) is 3.62. The van der Waals surface area contributed by atoms with Gasteiger partial charge in [-0.05, 0) is 40.6 Å². The fourth-order valence-corrected chi connectivity index (χ4v) is 7.18. The topological polar surface area (TPSA) is 98.1 Å². The summed E-state index contributed by atoms with van der Waals surface area (Å²) >= 11 is 0. The first-order chi connectivity index (χ1) is 23.7. The third-order valence-corrected chi connectivity index (χ3v) is 9.31. The number of piperazine rings is 2. The lowest BCUT2D eigenvalue weighted by molar-refractivity contribution is -0.146. The number of alkyl halides is 3. The molecule has 16 heteroatoms. The summed E-state index contributed by atoms with van der Waals surface area (Å²) in [7, 11) is 2.92. The number of amides is 1. The van der Waals surface area contributed by atoms with Crippen LogP contribution in [0.1, 0.15) is 35.4 Å². The first kappa shape index (κ1) is 39.8. The van der Waals surface area contributed by atoms with Gasteiger partial charge in [0.15, 0.2) is 5.75 Å². The zero-order chi connectivity index (χ0) is 34.5. The molecule has 3 aromatic carbocycles. The van der Waals surface area contributed by atoms with E-state index in [1.165, 1.54) is 31.4 Å². The van der Waals surface area contributed by atoms with Crippen molar-refractivity contribution in [3.05, 3.63) is 95.3 Å². The van der Waals surface area contributed by atoms with Crippen molar-refractivity contribution in [2.45, 2.75) is 37.6 Å². The molecule has 2 saturated heterocycles. The Hall–Kier alpha value is -3.95. The van der Waals surface area contributed by atoms with Crippen LogP contribution in [0.5, 0.6) is 11.5 Å². The number of rotatable bonds is 11. The molecule has 1 amide bonds. The molecule has 1 aromatic heterocycles. The lowest BCUT2D eigenvalue weighted by Crippen LogP contribution is -2.67. The van der Waals surface area contributed by atoms with Gasteiger partial charge in [0.2, 0.25) is 5.91 Å². The second-order valence-electron chi connectivity index (χ2n) is 12.1. The predicted octanol–water partition coefficient (Wildman–Crippen LogP) is 5.11. The SMILES string of the molecule is CCOCC(=O)N1CCN2[C@H](CN(Cc3c(OC)ccc(-n4nnnc4C(F)(F)F)c3OC)C[C@H]2C(c2ccccc2)c2ccccc2)C1.Cl.Cl. The number of tetrazole rings is 1. The van der Waals surface area contributed by atoms with Gasteiger partial charge in [0.1, 0.15) is 18.0 Å². The lowest BCUT2D eigenvalue weighted by atomic mass is 9.81. The zero-order valence-corrected chi connectivity index (χ0v) is 30.2. The van der Waals surface area contributed by atoms with E-state index in [0.717, 1.165) is 0 Å². The van der Waals surface area contributed by atoms with Gasteiger partial charge in [-0.15, -0.1) is 29.9 Å². The van der Waals surface area contributed by atoms with Crippen LogP contribution in [0.25, 0.3) is 5.69 Å². The third-order valence-electron chi connectivity index (χ3n) is 9.31. The van der Waals surface area contributed by atoms with E-state index < -0.39 is 12.0 Å². The van der Waals surface area contributed by atoms with Crippen molar-refractivity contribution in [3.8, 4) is 17.2 Å². The van der Waals surface area contributed by atoms with Crippen molar-refractivity contribution in [1.29, 1.82) is 0 Å². The van der Waals surface area contributed by atoms with Crippen LogP contribution in [0.3, 0.4) is 0 Å². The Balaban J connectivity index is 0.00000292. The number of hydrogen-bond donors (Lipinski definition) is 0. The monoisotopic (exact) mass is 751 g/mol. The Morgan fingerprint density at radius 1 is 0.902 bits per heavy atom. The van der Waals surface area contributed by atoms with Crippen molar-refractivity contribution in [2.24, 2.45) is 0 Å². The van der Waals surface area contributed by atoms with E-state index >= 15 is 0 Å². The second-order valence-corrected chi connectivity index (χ2v) is 12.1. The van der Waals surface area contributed by atoms with E-state index in [4.69, 9.17) is 14.2 Å². The number of hydrogen-bond acceptors (Lipinski definition) is 9. The van der Waals surface area contributed by atoms with E-state index in [-0.39, 0.29) is 66.8 Å². The third kappa shape index (κ3) is 8.58. The zero-order valence-electron chi connectivity index (χ0n) is 28.5. The molecule has 0 radical (unpaired) electrons. The fraction of sp³-hybridized carbons (Fsp3) is 0.429. The summed E-state index contributed by atoms with van der Waals surface area (Å²) in [6.07, 6.45) is -4.78. The Morgan fingerprint density at radius 2 is 1.57 bits per heavy atom. The van der Waals surface area contributed by atoms with E-state index in [2.05, 4.69) is 49.6 Å². The molecule has 0 saturated carbocycles. The molecule has 51 heavy (non-hydrogen) atoms. The minimum Gasteiger partial charge on any atom is -0.496 e. The number of aromatic nitrogens is 4. The summed E-state index contributed by atoms with van der Waals surface area (Å²) in [6.45, 7) is 5.68. The van der Waals surface area contributed by atoms with E-state index in [1.807, 2.05) is 48.2 Å². The average molecular weight is 753 g/mol. The van der Waals surface area contributed by atoms with E-state index in [9.17, 15) is 18.0 Å². The molecule has 0 bridgehead atoms. The Kier molecular flexibility index (Phi) is 13.7. The van der Waals surface area contributed by atoms with Crippen molar-refractivity contribution >= 4 is 30.7 Å². The van der Waals surface area contributed by atoms with Crippen molar-refractivity contribution < 1.29 is 32.2 Å². The molecule has 3 heterocycles. The molecule has 0 aliphatic carbocycles. The standard InChI is InChI=1S/C35H40F3N7O4.2ClH/c1-4-49-23-31(46)43-17-18-44-26(20-43)19-42(22-29(44)32(24-11-7-5-8-12-24)25-13-9-6-10-14-25)21-27-30(47-2)16-15-28(33(27)48-3)45-34(35(36,37)38)39-40-41-45;;/h5-16,26,29,32H,4,17-23H2,1-3H3;2*1H/t26-,29+;;/m1../s1. The first-order valence-corrected chi connectivity index (χ1v) is 16.3. The number of nitrogens with zero attached hydrogens (tertiary/aromatic N) is 7. The number of carbonyl (C=O) groups is 1. The lowest BCUT2D eigenvalue weighted by Gasteiger charge is -2.53. The van der Waals surface area contributed by atoms with Crippen LogP contribution >= 0.6 is 24.8 Å². The molecule has 4 aromatic rings. The largest absolute Gasteiger partial charge is 0.496 e. The highest BCUT2D eigenvalue weighted by Crippen LogP contribution is 2.40. The van der Waals surface area contributed by atoms with Crippen LogP contribution in [-0.2, 0) is 22.3 Å². The smallest absolute Gasteiger partial charge is 0.453 e. The normalized spacial score (nSPS) is 18.1. The highest BCUT2D eigenvalue weighted by Gasteiger charge is 2.44. The van der Waals surface area contributed by atoms with Gasteiger partial charge < -0.3 is 19.1 Å². The quantitative estimate of drug-likeness (QED) is 0.207. The van der Waals surface area contributed by atoms with Gasteiger partial charge in [0, 0.05) is 63.9 Å². The molecule has 2 atom stereocenters. The highest BCUT2D eigenvalue weighted by atomic mass is 35.5. The number of fused-ring (bicyclic) bond motifs is 1. The summed E-state index contributed by atoms with van der Waals surface area (Å²) in [5.41, 5.74) is 2.95. The van der Waals surface area contributed by atoms with E-state index in [1.54, 1.807) is 6.07 Å². The van der Waals surface area contributed by atoms with Crippen LogP contribution in [0.4, 0.5) is 13.2 Å². The van der Waals surface area contributed by atoms with E-state index in [0.29, 0.717) is 61.9 Å². The Morgan fingerprint density at radius 3 is 2.16 bits per heavy atom. The maximum Gasteiger partial charge on any atom is 0.453 e. The second kappa shape index (κ2) is 17.5. The molecular formula is C35H42Cl2F3N7O4. The van der Waals surface area contributed by atoms with Gasteiger partial charge in [-0.3, -0.25) is 14.6 Å². The highest BCUT2D eigenvalue weighted by molar-refractivity contribution is 5.85. The maximum atomic E-state index is 13.9. The van der Waals surface area contributed by atoms with Crippen LogP contribution in [0.15, 0.2) is 72.8 Å². The fourth-order valence-electron chi connectivity index (χ4n) is 7.18. The Bertz CT molecular complexity index is 1680. The molecule has 6 rings (SSSR count). The van der Waals surface area contributed by atoms with Crippen molar-refractivity contribution in [2.75, 3.05) is 60.2 Å². The van der Waals surface area contributed by atoms with Gasteiger partial charge in [-0.2, -0.15) is 17.9 Å². The summed E-state index contributed by atoms with van der Waals surface area (Å²) in [5.74, 6) is -0.667. The summed E-state index contributed by atoms with van der Waals surface area (Å²) in [5, 5.41) is 10.2. The van der Waals surface area contributed by atoms with Gasteiger partial charge >= 0.3 is 6.18 Å². The molecule has 276 valence electrons. The van der Waals surface area contributed by atoms with Gasteiger partial charge in [0.25, 0.3) is 5.82 Å². The maximum absolute atomic E-state index is 13.9.